The van der Waals surface area contributed by atoms with E-state index in [1.165, 1.54) is 12.1 Å². The molecule has 1 fully saturated rings. The van der Waals surface area contributed by atoms with Gasteiger partial charge >= 0.3 is 0 Å². The highest BCUT2D eigenvalue weighted by molar-refractivity contribution is 7.89. The van der Waals surface area contributed by atoms with Crippen molar-refractivity contribution in [2.24, 2.45) is 5.14 Å². The third-order valence-electron chi connectivity index (χ3n) is 3.43. The molecule has 1 aromatic carbocycles. The van der Waals surface area contributed by atoms with Crippen LogP contribution in [0, 0.1) is 5.82 Å². The number of halogens is 1. The van der Waals surface area contributed by atoms with Gasteiger partial charge in [0.15, 0.2) is 0 Å². The molecule has 1 aliphatic rings. The Morgan fingerprint density at radius 2 is 1.82 bits per heavy atom. The van der Waals surface area contributed by atoms with Crippen LogP contribution in [0.3, 0.4) is 0 Å². The first-order valence-corrected chi connectivity index (χ1v) is 7.35. The maximum atomic E-state index is 12.8. The van der Waals surface area contributed by atoms with Crippen molar-refractivity contribution in [3.05, 3.63) is 35.6 Å². The normalized spacial score (nSPS) is 25.8. The Bertz CT molecular complexity index is 484. The molecule has 3 nitrogen and oxygen atoms in total. The first kappa shape index (κ1) is 12.5. The molecule has 1 saturated carbocycles. The summed E-state index contributed by atoms with van der Waals surface area (Å²) >= 11 is 0. The Morgan fingerprint density at radius 3 is 2.41 bits per heavy atom. The van der Waals surface area contributed by atoms with Gasteiger partial charge in [-0.2, -0.15) is 0 Å². The Labute approximate surface area is 101 Å². The highest BCUT2D eigenvalue weighted by atomic mass is 32.2. The van der Waals surface area contributed by atoms with Crippen LogP contribution in [0.25, 0.3) is 0 Å². The summed E-state index contributed by atoms with van der Waals surface area (Å²) in [5.74, 6) is -0.0970. The second kappa shape index (κ2) is 4.74. The fourth-order valence-corrected chi connectivity index (χ4v) is 3.48. The minimum atomic E-state index is -3.45. The van der Waals surface area contributed by atoms with Crippen molar-refractivity contribution in [2.45, 2.75) is 36.9 Å². The van der Waals surface area contributed by atoms with E-state index < -0.39 is 15.3 Å². The van der Waals surface area contributed by atoms with E-state index in [0.29, 0.717) is 12.8 Å². The Morgan fingerprint density at radius 1 is 1.18 bits per heavy atom. The summed E-state index contributed by atoms with van der Waals surface area (Å²) in [6, 6.07) is 6.28. The number of hydrogen-bond acceptors (Lipinski definition) is 2. The molecule has 0 amide bonds. The lowest BCUT2D eigenvalue weighted by molar-refractivity contribution is 0.434. The molecule has 94 valence electrons. The minimum Gasteiger partial charge on any atom is -0.228 e. The summed E-state index contributed by atoms with van der Waals surface area (Å²) in [6.07, 6.45) is 2.97. The lowest BCUT2D eigenvalue weighted by atomic mass is 9.84. The second-order valence-electron chi connectivity index (χ2n) is 4.63. The monoisotopic (exact) mass is 257 g/mol. The first-order chi connectivity index (χ1) is 7.97. The lowest BCUT2D eigenvalue weighted by Gasteiger charge is -2.27. The van der Waals surface area contributed by atoms with Crippen LogP contribution in [0.15, 0.2) is 24.3 Å². The van der Waals surface area contributed by atoms with Crippen LogP contribution < -0.4 is 5.14 Å². The third kappa shape index (κ3) is 3.04. The molecule has 0 spiro atoms. The highest BCUT2D eigenvalue weighted by Gasteiger charge is 2.29. The van der Waals surface area contributed by atoms with E-state index >= 15 is 0 Å². The largest absolute Gasteiger partial charge is 0.228 e. The molecule has 1 aliphatic carbocycles. The third-order valence-corrected chi connectivity index (χ3v) is 4.79. The Balaban J connectivity index is 2.15. The standard InChI is InChI=1S/C12H16FNO2S/c13-11-6-4-9(5-7-11)10-2-1-3-12(8-10)17(14,15)16/h4-7,10,12H,1-3,8H2,(H2,14,15,16)/t10-,12+/m1/s1. The molecule has 2 N–H and O–H groups in total. The molecule has 2 rings (SSSR count). The number of hydrogen-bond donors (Lipinski definition) is 1. The van der Waals surface area contributed by atoms with E-state index in [0.717, 1.165) is 18.4 Å². The second-order valence-corrected chi connectivity index (χ2v) is 6.47. The number of nitrogens with two attached hydrogens (primary N) is 1. The Hall–Kier alpha value is -0.940. The smallest absolute Gasteiger partial charge is 0.211 e. The van der Waals surface area contributed by atoms with Crippen molar-refractivity contribution in [1.82, 2.24) is 0 Å². The van der Waals surface area contributed by atoms with Gasteiger partial charge in [0, 0.05) is 0 Å². The quantitative estimate of drug-likeness (QED) is 0.882. The van der Waals surface area contributed by atoms with Gasteiger partial charge < -0.3 is 0 Å². The van der Waals surface area contributed by atoms with E-state index in [1.807, 2.05) is 0 Å². The first-order valence-electron chi connectivity index (χ1n) is 5.74. The number of rotatable bonds is 2. The van der Waals surface area contributed by atoms with Gasteiger partial charge in [0.05, 0.1) is 5.25 Å². The van der Waals surface area contributed by atoms with E-state index in [1.54, 1.807) is 12.1 Å². The van der Waals surface area contributed by atoms with E-state index in [9.17, 15) is 12.8 Å². The number of benzene rings is 1. The van der Waals surface area contributed by atoms with Crippen LogP contribution in [-0.2, 0) is 10.0 Å². The molecule has 0 heterocycles. The predicted molar refractivity (Wildman–Crippen MR) is 64.5 cm³/mol. The van der Waals surface area contributed by atoms with Gasteiger partial charge in [-0.05, 0) is 42.9 Å². The van der Waals surface area contributed by atoms with Crippen molar-refractivity contribution in [3.63, 3.8) is 0 Å². The molecule has 0 aliphatic heterocycles. The SMILES string of the molecule is NS(=O)(=O)[C@H]1CCC[C@@H](c2ccc(F)cc2)C1. The molecule has 17 heavy (non-hydrogen) atoms. The summed E-state index contributed by atoms with van der Waals surface area (Å²) in [6.45, 7) is 0. The van der Waals surface area contributed by atoms with Gasteiger partial charge in [0.25, 0.3) is 0 Å². The van der Waals surface area contributed by atoms with Crippen molar-refractivity contribution >= 4 is 10.0 Å². The van der Waals surface area contributed by atoms with Crippen LogP contribution in [0.4, 0.5) is 4.39 Å². The summed E-state index contributed by atoms with van der Waals surface area (Å²) < 4.78 is 35.5. The molecule has 0 bridgehead atoms. The minimum absolute atomic E-state index is 0.174. The predicted octanol–water partition coefficient (Wildman–Crippen LogP) is 2.14. The number of sulfonamides is 1. The van der Waals surface area contributed by atoms with Crippen LogP contribution >= 0.6 is 0 Å². The zero-order chi connectivity index (χ0) is 12.5. The maximum absolute atomic E-state index is 12.8. The van der Waals surface area contributed by atoms with Gasteiger partial charge in [-0.1, -0.05) is 18.6 Å². The van der Waals surface area contributed by atoms with Gasteiger partial charge in [-0.25, -0.2) is 17.9 Å². The van der Waals surface area contributed by atoms with Crippen molar-refractivity contribution in [1.29, 1.82) is 0 Å². The van der Waals surface area contributed by atoms with Crippen molar-refractivity contribution in [3.8, 4) is 0 Å². The van der Waals surface area contributed by atoms with E-state index in [4.69, 9.17) is 5.14 Å². The summed E-state index contributed by atoms with van der Waals surface area (Å²) in [5.41, 5.74) is 1.000. The molecule has 0 saturated heterocycles. The summed E-state index contributed by atoms with van der Waals surface area (Å²) in [7, 11) is -3.45. The molecule has 2 atom stereocenters. The lowest BCUT2D eigenvalue weighted by Crippen LogP contribution is -2.32. The zero-order valence-electron chi connectivity index (χ0n) is 9.47. The fraction of sp³-hybridized carbons (Fsp3) is 0.500. The fourth-order valence-electron chi connectivity index (χ4n) is 2.48. The van der Waals surface area contributed by atoms with Gasteiger partial charge in [-0.15, -0.1) is 0 Å². The topological polar surface area (TPSA) is 60.2 Å². The average molecular weight is 257 g/mol. The van der Waals surface area contributed by atoms with Gasteiger partial charge in [0.2, 0.25) is 10.0 Å². The molecular weight excluding hydrogens is 241 g/mol. The van der Waals surface area contributed by atoms with Crippen molar-refractivity contribution in [2.75, 3.05) is 0 Å². The highest BCUT2D eigenvalue weighted by Crippen LogP contribution is 2.35. The summed E-state index contributed by atoms with van der Waals surface area (Å²) in [5, 5.41) is 4.73. The zero-order valence-corrected chi connectivity index (χ0v) is 10.3. The van der Waals surface area contributed by atoms with Gasteiger partial charge in [0.1, 0.15) is 5.82 Å². The van der Waals surface area contributed by atoms with Crippen LogP contribution in [0.2, 0.25) is 0 Å². The van der Waals surface area contributed by atoms with Crippen LogP contribution in [0.1, 0.15) is 37.2 Å². The molecule has 1 aromatic rings. The van der Waals surface area contributed by atoms with Crippen LogP contribution in [0.5, 0.6) is 0 Å². The van der Waals surface area contributed by atoms with E-state index in [-0.39, 0.29) is 11.7 Å². The Kier molecular flexibility index (Phi) is 3.49. The summed E-state index contributed by atoms with van der Waals surface area (Å²) in [4.78, 5) is 0. The van der Waals surface area contributed by atoms with Crippen LogP contribution in [-0.4, -0.2) is 13.7 Å². The van der Waals surface area contributed by atoms with Crippen molar-refractivity contribution < 1.29 is 12.8 Å². The molecule has 5 heteroatoms. The van der Waals surface area contributed by atoms with Gasteiger partial charge in [-0.3, -0.25) is 0 Å². The molecular formula is C12H16FNO2S. The molecule has 0 unspecified atom stereocenters. The number of primary sulfonamides is 1. The average Bonchev–Trinajstić information content (AvgIpc) is 2.29. The maximum Gasteiger partial charge on any atom is 0.211 e. The molecule has 0 aromatic heterocycles. The molecule has 0 radical (unpaired) electrons. The van der Waals surface area contributed by atoms with E-state index in [2.05, 4.69) is 0 Å².